The summed E-state index contributed by atoms with van der Waals surface area (Å²) in [5, 5.41) is 8.62. The van der Waals surface area contributed by atoms with Gasteiger partial charge in [0.2, 0.25) is 5.88 Å². The van der Waals surface area contributed by atoms with Crippen molar-refractivity contribution in [2.24, 2.45) is 0 Å². The number of carbonyl (C=O) groups is 1. The van der Waals surface area contributed by atoms with Crippen LogP contribution in [0.25, 0.3) is 11.0 Å². The molecule has 3 aromatic rings. The van der Waals surface area contributed by atoms with E-state index in [-0.39, 0.29) is 12.0 Å². The van der Waals surface area contributed by atoms with E-state index in [0.29, 0.717) is 24.7 Å². The van der Waals surface area contributed by atoms with Gasteiger partial charge in [-0.2, -0.15) is 5.10 Å². The molecule has 1 saturated heterocycles. The fourth-order valence-electron chi connectivity index (χ4n) is 2.77. The highest BCUT2D eigenvalue weighted by molar-refractivity contribution is 5.96. The minimum absolute atomic E-state index is 0.0694. The third kappa shape index (κ3) is 2.75. The summed E-state index contributed by atoms with van der Waals surface area (Å²) in [7, 11) is 0. The molecule has 1 aromatic carbocycles. The molecule has 1 aliphatic heterocycles. The largest absolute Gasteiger partial charge is 0.471 e. The molecule has 1 unspecified atom stereocenters. The van der Waals surface area contributed by atoms with E-state index in [4.69, 9.17) is 9.15 Å². The number of para-hydroxylation sites is 1. The number of benzene rings is 1. The van der Waals surface area contributed by atoms with Crippen LogP contribution in [-0.4, -0.2) is 40.2 Å². The molecular formula is C17H15N3O3. The Hall–Kier alpha value is -2.89. The quantitative estimate of drug-likeness (QED) is 0.743. The first-order chi connectivity index (χ1) is 11.3. The summed E-state index contributed by atoms with van der Waals surface area (Å²) in [5.74, 6) is 0.744. The maximum Gasteiger partial charge on any atom is 0.289 e. The van der Waals surface area contributed by atoms with Crippen LogP contribution in [0.5, 0.6) is 5.88 Å². The minimum Gasteiger partial charge on any atom is -0.471 e. The van der Waals surface area contributed by atoms with Crippen molar-refractivity contribution in [3.05, 3.63) is 54.4 Å². The van der Waals surface area contributed by atoms with Crippen LogP contribution < -0.4 is 4.74 Å². The van der Waals surface area contributed by atoms with E-state index in [9.17, 15) is 4.79 Å². The molecule has 4 rings (SSSR count). The van der Waals surface area contributed by atoms with Crippen LogP contribution in [0.2, 0.25) is 0 Å². The van der Waals surface area contributed by atoms with Crippen LogP contribution in [0, 0.1) is 0 Å². The van der Waals surface area contributed by atoms with Gasteiger partial charge in [0.25, 0.3) is 5.91 Å². The Balaban J connectivity index is 1.45. The Morgan fingerprint density at radius 3 is 3.00 bits per heavy atom. The second-order valence-corrected chi connectivity index (χ2v) is 5.49. The molecule has 0 aliphatic carbocycles. The van der Waals surface area contributed by atoms with Crippen molar-refractivity contribution in [3.8, 4) is 5.88 Å². The topological polar surface area (TPSA) is 68.5 Å². The number of rotatable bonds is 3. The number of fused-ring (bicyclic) bond motifs is 1. The van der Waals surface area contributed by atoms with E-state index in [2.05, 4.69) is 10.2 Å². The Morgan fingerprint density at radius 2 is 2.17 bits per heavy atom. The van der Waals surface area contributed by atoms with Crippen molar-refractivity contribution in [2.45, 2.75) is 12.5 Å². The third-order valence-electron chi connectivity index (χ3n) is 3.90. The van der Waals surface area contributed by atoms with E-state index in [1.165, 1.54) is 0 Å². The molecule has 1 amide bonds. The molecule has 3 heterocycles. The summed E-state index contributed by atoms with van der Waals surface area (Å²) in [5.41, 5.74) is 0.724. The summed E-state index contributed by atoms with van der Waals surface area (Å²) < 4.78 is 11.4. The standard InChI is InChI=1S/C17H15N3O3/c21-17(15-10-12-4-1-2-5-14(12)23-15)20-9-7-13(11-20)22-16-6-3-8-18-19-16/h1-6,8,10,13H,7,9,11H2. The lowest BCUT2D eigenvalue weighted by molar-refractivity contribution is 0.0742. The molecule has 0 spiro atoms. The van der Waals surface area contributed by atoms with E-state index in [1.807, 2.05) is 24.3 Å². The maximum absolute atomic E-state index is 12.6. The van der Waals surface area contributed by atoms with Gasteiger partial charge in [-0.05, 0) is 18.2 Å². The molecule has 1 fully saturated rings. The highest BCUT2D eigenvalue weighted by Gasteiger charge is 2.30. The monoisotopic (exact) mass is 309 g/mol. The fraction of sp³-hybridized carbons (Fsp3) is 0.235. The van der Waals surface area contributed by atoms with Gasteiger partial charge in [0.15, 0.2) is 5.76 Å². The Bertz CT molecular complexity index is 798. The van der Waals surface area contributed by atoms with Crippen LogP contribution in [0.3, 0.4) is 0 Å². The molecule has 23 heavy (non-hydrogen) atoms. The van der Waals surface area contributed by atoms with Crippen molar-refractivity contribution in [1.29, 1.82) is 0 Å². The van der Waals surface area contributed by atoms with E-state index in [1.54, 1.807) is 29.3 Å². The normalized spacial score (nSPS) is 17.6. The Kier molecular flexibility index (Phi) is 3.42. The molecular weight excluding hydrogens is 294 g/mol. The summed E-state index contributed by atoms with van der Waals surface area (Å²) in [4.78, 5) is 14.3. The Labute approximate surface area is 132 Å². The van der Waals surface area contributed by atoms with Gasteiger partial charge < -0.3 is 14.1 Å². The molecule has 2 aromatic heterocycles. The van der Waals surface area contributed by atoms with Crippen molar-refractivity contribution in [2.75, 3.05) is 13.1 Å². The van der Waals surface area contributed by atoms with E-state index in [0.717, 1.165) is 17.4 Å². The van der Waals surface area contributed by atoms with Gasteiger partial charge in [0, 0.05) is 30.6 Å². The second kappa shape index (κ2) is 5.72. The zero-order valence-electron chi connectivity index (χ0n) is 12.4. The van der Waals surface area contributed by atoms with Gasteiger partial charge in [-0.1, -0.05) is 18.2 Å². The number of hydrogen-bond acceptors (Lipinski definition) is 5. The molecule has 0 radical (unpaired) electrons. The number of nitrogens with zero attached hydrogens (tertiary/aromatic N) is 3. The van der Waals surface area contributed by atoms with Gasteiger partial charge >= 0.3 is 0 Å². The smallest absolute Gasteiger partial charge is 0.289 e. The highest BCUT2D eigenvalue weighted by Crippen LogP contribution is 2.22. The fourth-order valence-corrected chi connectivity index (χ4v) is 2.77. The lowest BCUT2D eigenvalue weighted by Crippen LogP contribution is -2.30. The zero-order valence-corrected chi connectivity index (χ0v) is 12.4. The highest BCUT2D eigenvalue weighted by atomic mass is 16.5. The second-order valence-electron chi connectivity index (χ2n) is 5.49. The van der Waals surface area contributed by atoms with Gasteiger partial charge in [0.1, 0.15) is 11.7 Å². The third-order valence-corrected chi connectivity index (χ3v) is 3.90. The number of furan rings is 1. The lowest BCUT2D eigenvalue weighted by atomic mass is 10.2. The molecule has 6 heteroatoms. The average molecular weight is 309 g/mol. The molecule has 1 atom stereocenters. The van der Waals surface area contributed by atoms with Gasteiger partial charge in [0.05, 0.1) is 6.54 Å². The number of hydrogen-bond donors (Lipinski definition) is 0. The van der Waals surface area contributed by atoms with Gasteiger partial charge in [-0.25, -0.2) is 0 Å². The minimum atomic E-state index is -0.105. The molecule has 6 nitrogen and oxygen atoms in total. The van der Waals surface area contributed by atoms with E-state index >= 15 is 0 Å². The first-order valence-electron chi connectivity index (χ1n) is 7.52. The van der Waals surface area contributed by atoms with Crippen LogP contribution >= 0.6 is 0 Å². The molecule has 0 bridgehead atoms. The van der Waals surface area contributed by atoms with Gasteiger partial charge in [-0.15, -0.1) is 5.10 Å². The number of ether oxygens (including phenoxy) is 1. The molecule has 0 saturated carbocycles. The van der Waals surface area contributed by atoms with E-state index < -0.39 is 0 Å². The van der Waals surface area contributed by atoms with Crippen LogP contribution in [0.1, 0.15) is 17.0 Å². The summed E-state index contributed by atoms with van der Waals surface area (Å²) >= 11 is 0. The first kappa shape index (κ1) is 13.8. The van der Waals surface area contributed by atoms with Crippen LogP contribution in [0.15, 0.2) is 53.1 Å². The van der Waals surface area contributed by atoms with Crippen molar-refractivity contribution < 1.29 is 13.9 Å². The maximum atomic E-state index is 12.6. The SMILES string of the molecule is O=C(c1cc2ccccc2o1)N1CCC(Oc2cccnn2)C1. The number of carbonyl (C=O) groups excluding carboxylic acids is 1. The zero-order chi connectivity index (χ0) is 15.6. The Morgan fingerprint density at radius 1 is 1.26 bits per heavy atom. The predicted octanol–water partition coefficient (Wildman–Crippen LogP) is 2.52. The number of aromatic nitrogens is 2. The number of likely N-dealkylation sites (tertiary alicyclic amines) is 1. The first-order valence-corrected chi connectivity index (χ1v) is 7.52. The van der Waals surface area contributed by atoms with Crippen LogP contribution in [0.4, 0.5) is 0 Å². The van der Waals surface area contributed by atoms with Crippen molar-refractivity contribution in [3.63, 3.8) is 0 Å². The molecule has 0 N–H and O–H groups in total. The van der Waals surface area contributed by atoms with Crippen molar-refractivity contribution >= 4 is 16.9 Å². The molecule has 1 aliphatic rings. The molecule has 116 valence electrons. The van der Waals surface area contributed by atoms with Gasteiger partial charge in [-0.3, -0.25) is 4.79 Å². The number of amides is 1. The summed E-state index contributed by atoms with van der Waals surface area (Å²) in [6.45, 7) is 1.16. The average Bonchev–Trinajstić information content (AvgIpc) is 3.21. The van der Waals surface area contributed by atoms with Crippen molar-refractivity contribution in [1.82, 2.24) is 15.1 Å². The van der Waals surface area contributed by atoms with Crippen LogP contribution in [-0.2, 0) is 0 Å². The summed E-state index contributed by atoms with van der Waals surface area (Å²) in [6.07, 6.45) is 2.29. The summed E-state index contributed by atoms with van der Waals surface area (Å²) in [6, 6.07) is 12.9. The lowest BCUT2D eigenvalue weighted by Gasteiger charge is -2.15. The predicted molar refractivity (Wildman–Crippen MR) is 83.2 cm³/mol.